The number of anilines is 6. The zero-order valence-corrected chi connectivity index (χ0v) is 64.3. The summed E-state index contributed by atoms with van der Waals surface area (Å²) >= 11 is 0. The Hall–Kier alpha value is -10.9. The van der Waals surface area contributed by atoms with Crippen molar-refractivity contribution in [2.45, 2.75) is 157 Å². The summed E-state index contributed by atoms with van der Waals surface area (Å²) < 4.78 is 200. The van der Waals surface area contributed by atoms with E-state index in [-0.39, 0.29) is 98.9 Å². The molecule has 0 N–H and O–H groups in total. The summed E-state index contributed by atoms with van der Waals surface area (Å²) in [6.45, 7) is 37.4. The van der Waals surface area contributed by atoms with Crippen LogP contribution in [0.3, 0.4) is 0 Å². The number of nitrogens with zero attached hydrogens (tertiary/aromatic N) is 4. The van der Waals surface area contributed by atoms with Crippen LogP contribution in [-0.2, 0) is 32.5 Å². The van der Waals surface area contributed by atoms with Gasteiger partial charge in [-0.25, -0.2) is 0 Å². The molecular weight excluding hydrogens is 1290 g/mol. The van der Waals surface area contributed by atoms with Gasteiger partial charge in [0.25, 0.3) is 6.71 Å². The fourth-order valence-corrected chi connectivity index (χ4v) is 15.7. The Balaban J connectivity index is 1.14. The highest BCUT2D eigenvalue weighted by Gasteiger charge is 2.46. The van der Waals surface area contributed by atoms with E-state index in [4.69, 9.17) is 5.48 Å². The summed E-state index contributed by atoms with van der Waals surface area (Å²) in [6.07, 6.45) is 0. The van der Waals surface area contributed by atoms with E-state index in [0.717, 1.165) is 55.6 Å². The molecule has 530 valence electrons. The zero-order chi connectivity index (χ0) is 92.2. The first-order valence-corrected chi connectivity index (χ1v) is 37.0. The van der Waals surface area contributed by atoms with Crippen molar-refractivity contribution >= 4 is 101 Å². The van der Waals surface area contributed by atoms with Gasteiger partial charge in [-0.3, -0.25) is 0 Å². The van der Waals surface area contributed by atoms with Crippen LogP contribution >= 0.6 is 0 Å². The predicted octanol–water partition coefficient (Wildman–Crippen LogP) is 26.4. The molecule has 13 aromatic carbocycles. The smallest absolute Gasteiger partial charge is 0.252 e. The van der Waals surface area contributed by atoms with E-state index in [0.29, 0.717) is 50.5 Å². The van der Waals surface area contributed by atoms with Gasteiger partial charge in [0.2, 0.25) is 0 Å². The molecule has 0 saturated carbocycles. The third-order valence-corrected chi connectivity index (χ3v) is 21.8. The minimum atomic E-state index is -1.39. The highest BCUT2D eigenvalue weighted by atomic mass is 15.2. The molecule has 2 aliphatic heterocycles. The van der Waals surface area contributed by atoms with Gasteiger partial charge < -0.3 is 18.9 Å². The van der Waals surface area contributed by atoms with Crippen molar-refractivity contribution < 1.29 is 27.4 Å². The number of hydrogen-bond acceptors (Lipinski definition) is 2. The van der Waals surface area contributed by atoms with Gasteiger partial charge in [-0.2, -0.15) is 0 Å². The molecule has 15 aromatic rings. The van der Waals surface area contributed by atoms with E-state index in [1.54, 1.807) is 12.1 Å². The van der Waals surface area contributed by atoms with Gasteiger partial charge in [0.05, 0.1) is 60.9 Å². The molecule has 4 nitrogen and oxygen atoms in total. The molecule has 0 fully saturated rings. The van der Waals surface area contributed by atoms with Crippen LogP contribution in [0.15, 0.2) is 273 Å². The van der Waals surface area contributed by atoms with Gasteiger partial charge in [-0.15, -0.1) is 0 Å². The summed E-state index contributed by atoms with van der Waals surface area (Å²) in [7, 11) is 0. The van der Waals surface area contributed by atoms with Gasteiger partial charge >= 0.3 is 0 Å². The van der Waals surface area contributed by atoms with Crippen LogP contribution in [0.1, 0.15) is 185 Å². The lowest BCUT2D eigenvalue weighted by molar-refractivity contribution is 0.589. The van der Waals surface area contributed by atoms with E-state index in [9.17, 15) is 21.9 Å². The normalized spacial score (nSPS) is 16.1. The molecule has 0 unspecified atom stereocenters. The van der Waals surface area contributed by atoms with Gasteiger partial charge in [0, 0.05) is 77.9 Å². The Morgan fingerprint density at radius 1 is 0.262 bits per heavy atom. The third-order valence-electron chi connectivity index (χ3n) is 21.8. The van der Waals surface area contributed by atoms with E-state index in [1.807, 2.05) is 18.2 Å². The predicted molar refractivity (Wildman–Crippen MR) is 463 cm³/mol. The van der Waals surface area contributed by atoms with Gasteiger partial charge in [-0.1, -0.05) is 312 Å². The lowest BCUT2D eigenvalue weighted by Gasteiger charge is -2.46. The third kappa shape index (κ3) is 11.7. The second-order valence-corrected chi connectivity index (χ2v) is 35.2. The molecule has 4 heterocycles. The largest absolute Gasteiger partial charge is 0.310 e. The summed E-state index contributed by atoms with van der Waals surface area (Å²) in [6, 6.07) is 39.3. The summed E-state index contributed by atoms with van der Waals surface area (Å²) in [5.74, 6) is 0. The zero-order valence-electron chi connectivity index (χ0n) is 84.3. The van der Waals surface area contributed by atoms with Crippen molar-refractivity contribution in [1.29, 1.82) is 0 Å². The van der Waals surface area contributed by atoms with E-state index in [2.05, 4.69) is 256 Å². The minimum Gasteiger partial charge on any atom is -0.310 e. The number of rotatable bonds is 8. The van der Waals surface area contributed by atoms with Crippen LogP contribution in [-0.4, -0.2) is 15.8 Å². The maximum absolute atomic E-state index is 11.5. The molecule has 17 rings (SSSR count). The second-order valence-electron chi connectivity index (χ2n) is 35.2. The van der Waals surface area contributed by atoms with Crippen LogP contribution < -0.4 is 26.2 Å². The Morgan fingerprint density at radius 2 is 0.514 bits per heavy atom. The molecule has 0 atom stereocenters. The lowest BCUT2D eigenvalue weighted by Crippen LogP contribution is -2.61. The number of fused-ring (bicyclic) bond motifs is 10. The van der Waals surface area contributed by atoms with Crippen molar-refractivity contribution in [3.63, 3.8) is 0 Å². The van der Waals surface area contributed by atoms with Crippen LogP contribution in [0.4, 0.5) is 34.1 Å². The van der Waals surface area contributed by atoms with Crippen LogP contribution in [0.5, 0.6) is 0 Å². The first-order valence-electron chi connectivity index (χ1n) is 47.0. The highest BCUT2D eigenvalue weighted by molar-refractivity contribution is 7.00. The van der Waals surface area contributed by atoms with Crippen molar-refractivity contribution in [2.75, 3.05) is 9.80 Å². The highest BCUT2D eigenvalue weighted by Crippen LogP contribution is 2.55. The van der Waals surface area contributed by atoms with Crippen molar-refractivity contribution in [2.24, 2.45) is 0 Å². The first kappa shape index (κ1) is 49.8. The Labute approximate surface area is 663 Å². The molecular formula is C102H99BN4. The maximum Gasteiger partial charge on any atom is 0.252 e. The number of benzene rings is 13. The number of para-hydroxylation sites is 4. The average molecular weight is 1410 g/mol. The molecule has 0 saturated heterocycles. The molecule has 0 bridgehead atoms. The maximum atomic E-state index is 11.5. The first-order chi connectivity index (χ1) is 59.2. The fourth-order valence-electron chi connectivity index (χ4n) is 15.7. The fraction of sp³-hybridized carbons (Fsp3) is 0.235. The van der Waals surface area contributed by atoms with E-state index in [1.165, 1.54) is 9.13 Å². The van der Waals surface area contributed by atoms with Gasteiger partial charge in [-0.05, 0) is 189 Å². The van der Waals surface area contributed by atoms with Gasteiger partial charge in [0.1, 0.15) is 0 Å². The molecule has 0 amide bonds. The molecule has 0 spiro atoms. The van der Waals surface area contributed by atoms with Crippen LogP contribution in [0.2, 0.25) is 0 Å². The molecule has 2 aromatic heterocycles. The summed E-state index contributed by atoms with van der Waals surface area (Å²) in [4.78, 5) is 4.16. The van der Waals surface area contributed by atoms with E-state index >= 15 is 0 Å². The van der Waals surface area contributed by atoms with Crippen molar-refractivity contribution in [3.05, 3.63) is 306 Å². The standard InChI is InChI=1S/C102H99BN4/c1-97(2,3)68-46-38-64(39-47-68)80-58-72(101(13,14)15)59-81(65-40-48-69(49-41-65)98(4,5)6)95(80)106-90-36-27-37-91-94(90)103(84-56-54-74(62-92(84)106)104-86-32-23-19-28-76(86)77-29-20-24-33-87(77)104)85-57-55-75(105-88-34-25-21-30-78(88)79-31-22-26-35-89(79)105)63-93(85)107(91)96-82(66-42-50-70(51-43-66)99(7,8)9)60-73(102(16,17)18)61-83(96)67-44-52-71(53-45-67)100(10,11)12/h19-63H,1-18H3/i19D,20D,21D,22D,23D,24D,25D,26D,28D,29D,30D,31D,32D,33D,34D,35D,54D,55D,56D,57D. The van der Waals surface area contributed by atoms with Crippen LogP contribution in [0.25, 0.3) is 99.5 Å². The molecule has 2 aliphatic rings. The lowest BCUT2D eigenvalue weighted by atomic mass is 9.33. The molecule has 0 radical (unpaired) electrons. The Kier molecular flexibility index (Phi) is 11.6. The SMILES string of the molecule is [2H]c1c(-n2c3c([2H])c([2H])c([2H])c([2H])c3c3c([2H])c([2H])c([2H])c([2H])c32)cc2c(c1[2H])B1c3c(cccc3N(c3c(-c4ccc(C(C)(C)C)cc4)cc(C(C)(C)C)cc3-c3ccc(C(C)(C)C)cc3)c3cc(-n4c5c([2H])c([2H])c([2H])c([2H])c5c5c([2H])c([2H])c([2H])c([2H])c54)c([2H])c([2H])c31)N2c1c(-c2ccc(C(C)(C)C)cc2)cc(C(C)(C)C)cc1-c1ccc(C(C)(C)C)cc1. The average Bonchev–Trinajstić information content (AvgIpc) is 1.68. The van der Waals surface area contributed by atoms with Crippen molar-refractivity contribution in [1.82, 2.24) is 9.13 Å². The Bertz CT molecular complexity index is 6550. The topological polar surface area (TPSA) is 16.3 Å². The number of hydrogen-bond donors (Lipinski definition) is 0. The molecule has 107 heavy (non-hydrogen) atoms. The minimum absolute atomic E-state index is 0.0990. The second kappa shape index (κ2) is 24.9. The molecule has 5 heteroatoms. The number of aromatic nitrogens is 2. The summed E-state index contributed by atoms with van der Waals surface area (Å²) in [5.41, 5.74) is 11.3. The van der Waals surface area contributed by atoms with E-state index < -0.39 is 138 Å². The monoisotopic (exact) mass is 1410 g/mol. The van der Waals surface area contributed by atoms with Crippen molar-refractivity contribution in [3.8, 4) is 55.9 Å². The summed E-state index contributed by atoms with van der Waals surface area (Å²) in [5, 5.41) is -0.996. The quantitative estimate of drug-likeness (QED) is 0.141. The Morgan fingerprint density at radius 3 is 0.766 bits per heavy atom. The van der Waals surface area contributed by atoms with Gasteiger partial charge in [0.15, 0.2) is 0 Å². The van der Waals surface area contributed by atoms with Crippen LogP contribution in [0, 0.1) is 0 Å². The molecule has 0 aliphatic carbocycles.